The Labute approximate surface area is 74.7 Å². The van der Waals surface area contributed by atoms with Gasteiger partial charge in [0.1, 0.15) is 6.73 Å². The molecule has 2 nitrogen and oxygen atoms in total. The molecule has 0 fully saturated rings. The molecule has 1 aromatic carbocycles. The Balaban J connectivity index is 2.52. The van der Waals surface area contributed by atoms with Gasteiger partial charge in [-0.3, -0.25) is 0 Å². The number of hydrogen-bond donors (Lipinski definition) is 1. The van der Waals surface area contributed by atoms with Crippen molar-refractivity contribution in [1.82, 2.24) is 0 Å². The van der Waals surface area contributed by atoms with Crippen LogP contribution >= 0.6 is 15.9 Å². The average Bonchev–Trinajstić information content (AvgIpc) is 2.04. The molecule has 0 spiro atoms. The number of halogens is 1. The van der Waals surface area contributed by atoms with Crippen LogP contribution in [-0.4, -0.2) is 13.8 Å². The van der Waals surface area contributed by atoms with Crippen molar-refractivity contribution >= 4 is 21.6 Å². The van der Waals surface area contributed by atoms with E-state index in [0.29, 0.717) is 6.73 Å². The molecule has 0 saturated heterocycles. The smallest absolute Gasteiger partial charge is 0.116 e. The summed E-state index contributed by atoms with van der Waals surface area (Å²) in [6, 6.07) is 7.95. The Morgan fingerprint density at radius 2 is 2.00 bits per heavy atom. The van der Waals surface area contributed by atoms with Crippen molar-refractivity contribution in [3.8, 4) is 0 Å². The van der Waals surface area contributed by atoms with Gasteiger partial charge in [-0.2, -0.15) is 0 Å². The van der Waals surface area contributed by atoms with E-state index in [2.05, 4.69) is 21.2 Å². The van der Waals surface area contributed by atoms with E-state index >= 15 is 0 Å². The molecular formula is C8H10BrNO. The standard InChI is InChI=1S/C8H10BrNO/c1-11-6-10-8-4-2-7(9)3-5-8/h2-5,10H,6H2,1H3. The van der Waals surface area contributed by atoms with Crippen LogP contribution in [0.5, 0.6) is 0 Å². The van der Waals surface area contributed by atoms with E-state index in [0.717, 1.165) is 10.2 Å². The highest BCUT2D eigenvalue weighted by molar-refractivity contribution is 9.10. The predicted molar refractivity (Wildman–Crippen MR) is 49.6 cm³/mol. The maximum absolute atomic E-state index is 4.85. The van der Waals surface area contributed by atoms with Crippen molar-refractivity contribution in [1.29, 1.82) is 0 Å². The summed E-state index contributed by atoms with van der Waals surface area (Å²) >= 11 is 3.35. The van der Waals surface area contributed by atoms with Crippen LogP contribution in [0.4, 0.5) is 5.69 Å². The zero-order valence-corrected chi connectivity index (χ0v) is 7.89. The van der Waals surface area contributed by atoms with E-state index in [-0.39, 0.29) is 0 Å². The molecule has 0 unspecified atom stereocenters. The maximum Gasteiger partial charge on any atom is 0.116 e. The van der Waals surface area contributed by atoms with Crippen molar-refractivity contribution in [3.05, 3.63) is 28.7 Å². The normalized spacial score (nSPS) is 9.64. The second-order valence-electron chi connectivity index (χ2n) is 2.12. The van der Waals surface area contributed by atoms with E-state index in [1.807, 2.05) is 24.3 Å². The van der Waals surface area contributed by atoms with Crippen LogP contribution in [0.3, 0.4) is 0 Å². The molecule has 0 atom stereocenters. The summed E-state index contributed by atoms with van der Waals surface area (Å²) in [5.74, 6) is 0. The number of ether oxygens (including phenoxy) is 1. The zero-order valence-electron chi connectivity index (χ0n) is 6.30. The van der Waals surface area contributed by atoms with Gasteiger partial charge in [-0.1, -0.05) is 15.9 Å². The highest BCUT2D eigenvalue weighted by atomic mass is 79.9. The van der Waals surface area contributed by atoms with Crippen molar-refractivity contribution < 1.29 is 4.74 Å². The number of hydrogen-bond acceptors (Lipinski definition) is 2. The van der Waals surface area contributed by atoms with Gasteiger partial charge in [0.05, 0.1) is 0 Å². The Hall–Kier alpha value is -0.540. The van der Waals surface area contributed by atoms with Gasteiger partial charge >= 0.3 is 0 Å². The molecule has 1 N–H and O–H groups in total. The highest BCUT2D eigenvalue weighted by Crippen LogP contribution is 2.13. The third kappa shape index (κ3) is 2.91. The van der Waals surface area contributed by atoms with Crippen LogP contribution in [0.15, 0.2) is 28.7 Å². The molecule has 3 heteroatoms. The molecule has 11 heavy (non-hydrogen) atoms. The summed E-state index contributed by atoms with van der Waals surface area (Å²) in [6.45, 7) is 0.543. The van der Waals surface area contributed by atoms with Crippen LogP contribution in [0.1, 0.15) is 0 Å². The monoisotopic (exact) mass is 215 g/mol. The van der Waals surface area contributed by atoms with E-state index in [1.165, 1.54) is 0 Å². The minimum absolute atomic E-state index is 0.543. The first-order chi connectivity index (χ1) is 5.33. The molecular weight excluding hydrogens is 206 g/mol. The minimum atomic E-state index is 0.543. The van der Waals surface area contributed by atoms with Crippen LogP contribution in [-0.2, 0) is 4.74 Å². The van der Waals surface area contributed by atoms with E-state index in [9.17, 15) is 0 Å². The molecule has 0 radical (unpaired) electrons. The fourth-order valence-corrected chi connectivity index (χ4v) is 0.988. The number of rotatable bonds is 3. The lowest BCUT2D eigenvalue weighted by Crippen LogP contribution is -2.02. The Kier molecular flexibility index (Phi) is 3.39. The van der Waals surface area contributed by atoms with Crippen molar-refractivity contribution in [2.75, 3.05) is 19.2 Å². The molecule has 0 aliphatic carbocycles. The number of methoxy groups -OCH3 is 1. The fourth-order valence-electron chi connectivity index (χ4n) is 0.723. The second kappa shape index (κ2) is 4.36. The van der Waals surface area contributed by atoms with Crippen LogP contribution in [0, 0.1) is 0 Å². The number of benzene rings is 1. The largest absolute Gasteiger partial charge is 0.365 e. The molecule has 1 rings (SSSR count). The summed E-state index contributed by atoms with van der Waals surface area (Å²) < 4.78 is 5.94. The topological polar surface area (TPSA) is 21.3 Å². The summed E-state index contributed by atoms with van der Waals surface area (Å²) in [6.07, 6.45) is 0. The number of nitrogens with one attached hydrogen (secondary N) is 1. The molecule has 0 aromatic heterocycles. The van der Waals surface area contributed by atoms with E-state index in [4.69, 9.17) is 4.74 Å². The maximum atomic E-state index is 4.85. The molecule has 0 bridgehead atoms. The first-order valence-electron chi connectivity index (χ1n) is 3.31. The van der Waals surface area contributed by atoms with Crippen molar-refractivity contribution in [2.24, 2.45) is 0 Å². The lowest BCUT2D eigenvalue weighted by atomic mass is 10.3. The average molecular weight is 216 g/mol. The van der Waals surface area contributed by atoms with E-state index in [1.54, 1.807) is 7.11 Å². The van der Waals surface area contributed by atoms with Crippen molar-refractivity contribution in [3.63, 3.8) is 0 Å². The molecule has 0 saturated carbocycles. The van der Waals surface area contributed by atoms with Gasteiger partial charge in [-0.15, -0.1) is 0 Å². The summed E-state index contributed by atoms with van der Waals surface area (Å²) in [7, 11) is 1.66. The van der Waals surface area contributed by atoms with E-state index < -0.39 is 0 Å². The summed E-state index contributed by atoms with van der Waals surface area (Å²) in [5.41, 5.74) is 1.06. The minimum Gasteiger partial charge on any atom is -0.365 e. The molecule has 0 aliphatic heterocycles. The second-order valence-corrected chi connectivity index (χ2v) is 3.03. The van der Waals surface area contributed by atoms with Gasteiger partial charge < -0.3 is 10.1 Å². The van der Waals surface area contributed by atoms with Gasteiger partial charge in [-0.05, 0) is 24.3 Å². The van der Waals surface area contributed by atoms with Gasteiger partial charge in [0, 0.05) is 17.3 Å². The van der Waals surface area contributed by atoms with Gasteiger partial charge in [0.25, 0.3) is 0 Å². The van der Waals surface area contributed by atoms with Crippen LogP contribution in [0.25, 0.3) is 0 Å². The molecule has 1 aromatic rings. The van der Waals surface area contributed by atoms with Crippen LogP contribution in [0.2, 0.25) is 0 Å². The third-order valence-corrected chi connectivity index (χ3v) is 1.79. The first kappa shape index (κ1) is 8.56. The quantitative estimate of drug-likeness (QED) is 0.783. The summed E-state index contributed by atoms with van der Waals surface area (Å²) in [4.78, 5) is 0. The zero-order chi connectivity index (χ0) is 8.10. The molecule has 60 valence electrons. The summed E-state index contributed by atoms with van der Waals surface area (Å²) in [5, 5.41) is 3.08. The highest BCUT2D eigenvalue weighted by Gasteiger charge is 1.88. The van der Waals surface area contributed by atoms with Gasteiger partial charge in [-0.25, -0.2) is 0 Å². The molecule has 0 amide bonds. The lowest BCUT2D eigenvalue weighted by molar-refractivity contribution is 0.221. The SMILES string of the molecule is COCNc1ccc(Br)cc1. The molecule has 0 heterocycles. The predicted octanol–water partition coefficient (Wildman–Crippen LogP) is 2.46. The Bertz CT molecular complexity index is 210. The Morgan fingerprint density at radius 3 is 2.55 bits per heavy atom. The van der Waals surface area contributed by atoms with Crippen LogP contribution < -0.4 is 5.32 Å². The lowest BCUT2D eigenvalue weighted by Gasteiger charge is -2.03. The van der Waals surface area contributed by atoms with Gasteiger partial charge in [0.2, 0.25) is 0 Å². The first-order valence-corrected chi connectivity index (χ1v) is 4.10. The van der Waals surface area contributed by atoms with Crippen molar-refractivity contribution in [2.45, 2.75) is 0 Å². The number of anilines is 1. The Morgan fingerprint density at radius 1 is 1.36 bits per heavy atom. The molecule has 0 aliphatic rings. The fraction of sp³-hybridized carbons (Fsp3) is 0.250. The van der Waals surface area contributed by atoms with Gasteiger partial charge in [0.15, 0.2) is 0 Å². The third-order valence-electron chi connectivity index (χ3n) is 1.26.